The summed E-state index contributed by atoms with van der Waals surface area (Å²) in [6.07, 6.45) is 12.6. The highest BCUT2D eigenvalue weighted by Gasteiger charge is 2.19. The molecule has 1 N–H and O–H groups in total. The summed E-state index contributed by atoms with van der Waals surface area (Å²) in [7, 11) is 0. The van der Waals surface area contributed by atoms with E-state index < -0.39 is 0 Å². The molecule has 0 amide bonds. The zero-order chi connectivity index (χ0) is 11.9. The van der Waals surface area contributed by atoms with Crippen molar-refractivity contribution >= 4 is 0 Å². The third-order valence-electron chi connectivity index (χ3n) is 4.58. The van der Waals surface area contributed by atoms with Crippen LogP contribution in [0.4, 0.5) is 0 Å². The Morgan fingerprint density at radius 3 is 2.35 bits per heavy atom. The molecule has 1 atom stereocenters. The van der Waals surface area contributed by atoms with Crippen LogP contribution in [0.5, 0.6) is 0 Å². The van der Waals surface area contributed by atoms with Crippen LogP contribution < -0.4 is 0 Å². The Hall–Kier alpha value is -0.0800. The fraction of sp³-hybridized carbons (Fsp3) is 1.00. The first-order valence-corrected chi connectivity index (χ1v) is 7.60. The molecule has 1 aliphatic heterocycles. The van der Waals surface area contributed by atoms with Gasteiger partial charge in [0, 0.05) is 13.2 Å². The van der Waals surface area contributed by atoms with Gasteiger partial charge in [0.25, 0.3) is 0 Å². The first kappa shape index (κ1) is 13.4. The van der Waals surface area contributed by atoms with E-state index in [1.54, 1.807) is 0 Å². The van der Waals surface area contributed by atoms with Crippen LogP contribution in [-0.4, -0.2) is 24.4 Å². The van der Waals surface area contributed by atoms with Gasteiger partial charge in [-0.15, -0.1) is 0 Å². The Labute approximate surface area is 106 Å². The van der Waals surface area contributed by atoms with E-state index in [0.29, 0.717) is 5.92 Å². The molecule has 2 rings (SSSR count). The number of hydrogen-bond acceptors (Lipinski definition) is 2. The summed E-state index contributed by atoms with van der Waals surface area (Å²) in [5.74, 6) is 1.62. The second kappa shape index (κ2) is 7.38. The minimum absolute atomic E-state index is 0.0555. The van der Waals surface area contributed by atoms with Crippen LogP contribution in [0.2, 0.25) is 0 Å². The maximum atomic E-state index is 10.1. The molecule has 0 bridgehead atoms. The summed E-state index contributed by atoms with van der Waals surface area (Å²) in [5, 5.41) is 10.1. The lowest BCUT2D eigenvalue weighted by atomic mass is 9.84. The molecule has 1 unspecified atom stereocenters. The van der Waals surface area contributed by atoms with Gasteiger partial charge in [-0.05, 0) is 43.9 Å². The Morgan fingerprint density at radius 2 is 1.65 bits per heavy atom. The molecule has 0 aromatic heterocycles. The Morgan fingerprint density at radius 1 is 0.941 bits per heavy atom. The van der Waals surface area contributed by atoms with Crippen LogP contribution in [0, 0.1) is 11.8 Å². The van der Waals surface area contributed by atoms with Gasteiger partial charge in [-0.2, -0.15) is 0 Å². The van der Waals surface area contributed by atoms with E-state index in [0.717, 1.165) is 44.8 Å². The predicted octanol–water partition coefficient (Wildman–Crippen LogP) is 3.52. The van der Waals surface area contributed by atoms with Crippen LogP contribution >= 0.6 is 0 Å². The van der Waals surface area contributed by atoms with Gasteiger partial charge in [0.15, 0.2) is 0 Å². The molecule has 1 saturated heterocycles. The van der Waals surface area contributed by atoms with Crippen molar-refractivity contribution in [2.24, 2.45) is 11.8 Å². The molecule has 0 radical (unpaired) electrons. The van der Waals surface area contributed by atoms with Crippen molar-refractivity contribution in [1.82, 2.24) is 0 Å². The number of aliphatic hydroxyl groups excluding tert-OH is 1. The molecule has 17 heavy (non-hydrogen) atoms. The van der Waals surface area contributed by atoms with Gasteiger partial charge in [0.05, 0.1) is 6.10 Å². The van der Waals surface area contributed by atoms with Crippen molar-refractivity contribution in [1.29, 1.82) is 0 Å². The normalized spacial score (nSPS) is 25.9. The Balaban J connectivity index is 1.57. The first-order chi connectivity index (χ1) is 8.34. The highest BCUT2D eigenvalue weighted by molar-refractivity contribution is 4.71. The van der Waals surface area contributed by atoms with Crippen LogP contribution in [0.3, 0.4) is 0 Å². The lowest BCUT2D eigenvalue weighted by Crippen LogP contribution is -2.21. The quantitative estimate of drug-likeness (QED) is 0.796. The molecule has 0 aromatic carbocycles. The summed E-state index contributed by atoms with van der Waals surface area (Å²) in [4.78, 5) is 0. The van der Waals surface area contributed by atoms with Crippen molar-refractivity contribution in [3.63, 3.8) is 0 Å². The monoisotopic (exact) mass is 240 g/mol. The zero-order valence-corrected chi connectivity index (χ0v) is 11.1. The van der Waals surface area contributed by atoms with Crippen molar-refractivity contribution in [2.45, 2.75) is 70.3 Å². The van der Waals surface area contributed by atoms with Gasteiger partial charge in [-0.1, -0.05) is 32.1 Å². The fourth-order valence-electron chi connectivity index (χ4n) is 3.39. The molecule has 100 valence electrons. The molecule has 2 nitrogen and oxygen atoms in total. The zero-order valence-electron chi connectivity index (χ0n) is 11.1. The van der Waals surface area contributed by atoms with Crippen LogP contribution in [0.15, 0.2) is 0 Å². The topological polar surface area (TPSA) is 29.5 Å². The van der Waals surface area contributed by atoms with Crippen molar-refractivity contribution in [2.75, 3.05) is 13.2 Å². The minimum Gasteiger partial charge on any atom is -0.393 e. The average Bonchev–Trinajstić information content (AvgIpc) is 2.39. The molecule has 1 aliphatic carbocycles. The predicted molar refractivity (Wildman–Crippen MR) is 70.0 cm³/mol. The average molecular weight is 240 g/mol. The van der Waals surface area contributed by atoms with E-state index in [1.807, 2.05) is 0 Å². The van der Waals surface area contributed by atoms with Crippen LogP contribution in [0.25, 0.3) is 0 Å². The molecular weight excluding hydrogens is 212 g/mol. The standard InChI is InChI=1S/C15H28O2/c16-15(12-14-8-10-17-11-9-14)7-6-13-4-2-1-3-5-13/h13-16H,1-12H2. The minimum atomic E-state index is -0.0555. The van der Waals surface area contributed by atoms with Gasteiger partial charge < -0.3 is 9.84 Å². The highest BCUT2D eigenvalue weighted by atomic mass is 16.5. The molecule has 2 aliphatic rings. The summed E-state index contributed by atoms with van der Waals surface area (Å²) in [5.41, 5.74) is 0. The maximum absolute atomic E-state index is 10.1. The summed E-state index contributed by atoms with van der Waals surface area (Å²) < 4.78 is 5.35. The van der Waals surface area contributed by atoms with Crippen LogP contribution in [0.1, 0.15) is 64.2 Å². The second-order valence-electron chi connectivity index (χ2n) is 6.03. The van der Waals surface area contributed by atoms with E-state index in [-0.39, 0.29) is 6.10 Å². The molecule has 2 fully saturated rings. The van der Waals surface area contributed by atoms with Crippen molar-refractivity contribution in [3.8, 4) is 0 Å². The lowest BCUT2D eigenvalue weighted by molar-refractivity contribution is 0.0402. The van der Waals surface area contributed by atoms with Gasteiger partial charge >= 0.3 is 0 Å². The van der Waals surface area contributed by atoms with E-state index in [4.69, 9.17) is 4.74 Å². The molecule has 0 spiro atoms. The number of hydrogen-bond donors (Lipinski definition) is 1. The largest absolute Gasteiger partial charge is 0.393 e. The van der Waals surface area contributed by atoms with Crippen molar-refractivity contribution < 1.29 is 9.84 Å². The molecule has 2 heteroatoms. The molecule has 0 aromatic rings. The number of ether oxygens (including phenoxy) is 1. The van der Waals surface area contributed by atoms with Crippen LogP contribution in [-0.2, 0) is 4.74 Å². The molecule has 1 heterocycles. The second-order valence-corrected chi connectivity index (χ2v) is 6.03. The SMILES string of the molecule is OC(CCC1CCCCC1)CC1CCOCC1. The van der Waals surface area contributed by atoms with Crippen molar-refractivity contribution in [3.05, 3.63) is 0 Å². The smallest absolute Gasteiger partial charge is 0.0543 e. The van der Waals surface area contributed by atoms with Gasteiger partial charge in [-0.25, -0.2) is 0 Å². The Kier molecular flexibility index (Phi) is 5.79. The van der Waals surface area contributed by atoms with Gasteiger partial charge in [0.1, 0.15) is 0 Å². The summed E-state index contributed by atoms with van der Waals surface area (Å²) in [6.45, 7) is 1.81. The van der Waals surface area contributed by atoms with E-state index in [2.05, 4.69) is 0 Å². The lowest BCUT2D eigenvalue weighted by Gasteiger charge is -2.26. The molecule has 1 saturated carbocycles. The first-order valence-electron chi connectivity index (χ1n) is 7.60. The molecular formula is C15H28O2. The third kappa shape index (κ3) is 4.97. The van der Waals surface area contributed by atoms with E-state index >= 15 is 0 Å². The highest BCUT2D eigenvalue weighted by Crippen LogP contribution is 2.29. The van der Waals surface area contributed by atoms with E-state index in [1.165, 1.54) is 38.5 Å². The van der Waals surface area contributed by atoms with Gasteiger partial charge in [0.2, 0.25) is 0 Å². The maximum Gasteiger partial charge on any atom is 0.0543 e. The number of aliphatic hydroxyl groups is 1. The van der Waals surface area contributed by atoms with E-state index in [9.17, 15) is 5.11 Å². The number of rotatable bonds is 5. The Bertz CT molecular complexity index is 193. The van der Waals surface area contributed by atoms with Gasteiger partial charge in [-0.3, -0.25) is 0 Å². The third-order valence-corrected chi connectivity index (χ3v) is 4.58. The summed E-state index contributed by atoms with van der Waals surface area (Å²) >= 11 is 0. The fourth-order valence-corrected chi connectivity index (χ4v) is 3.39. The summed E-state index contributed by atoms with van der Waals surface area (Å²) in [6, 6.07) is 0.